The van der Waals surface area contributed by atoms with Crippen molar-refractivity contribution in [3.8, 4) is 0 Å². The summed E-state index contributed by atoms with van der Waals surface area (Å²) >= 11 is 0. The average molecular weight is 477 g/mol. The van der Waals surface area contributed by atoms with Gasteiger partial charge in [0.15, 0.2) is 0 Å². The lowest BCUT2D eigenvalue weighted by Crippen LogP contribution is -2.52. The van der Waals surface area contributed by atoms with Gasteiger partial charge in [-0.1, -0.05) is 6.07 Å². The largest absolute Gasteiger partial charge is 0.339 e. The molecule has 1 heterocycles. The van der Waals surface area contributed by atoms with Gasteiger partial charge in [0.2, 0.25) is 26.0 Å². The van der Waals surface area contributed by atoms with Gasteiger partial charge >= 0.3 is 0 Å². The van der Waals surface area contributed by atoms with Crippen LogP contribution in [-0.4, -0.2) is 64.7 Å². The molecule has 1 aliphatic heterocycles. The Hall–Kier alpha value is -2.48. The summed E-state index contributed by atoms with van der Waals surface area (Å²) in [7, 11) is -8.34. The quantitative estimate of drug-likeness (QED) is 0.666. The number of hydrogen-bond acceptors (Lipinski definition) is 5. The van der Waals surface area contributed by atoms with E-state index >= 15 is 0 Å². The van der Waals surface area contributed by atoms with Crippen molar-refractivity contribution < 1.29 is 34.8 Å². The van der Waals surface area contributed by atoms with E-state index in [1.54, 1.807) is 0 Å². The molecule has 0 unspecified atom stereocenters. The maximum Gasteiger partial charge on any atom is 0.246 e. The van der Waals surface area contributed by atoms with Crippen LogP contribution in [0.2, 0.25) is 0 Å². The van der Waals surface area contributed by atoms with Gasteiger partial charge in [-0.2, -0.15) is 4.31 Å². The Morgan fingerprint density at radius 2 is 1.55 bits per heavy atom. The lowest BCUT2D eigenvalue weighted by Gasteiger charge is -2.34. The Morgan fingerprint density at radius 3 is 2.16 bits per heavy atom. The summed E-state index contributed by atoms with van der Waals surface area (Å²) < 4.78 is 92.7. The molecule has 1 amide bonds. The number of halogens is 3. The van der Waals surface area contributed by atoms with Crippen molar-refractivity contribution >= 4 is 26.0 Å². The highest BCUT2D eigenvalue weighted by Crippen LogP contribution is 2.21. The molecule has 168 valence electrons. The van der Waals surface area contributed by atoms with Crippen LogP contribution in [0.25, 0.3) is 0 Å². The predicted octanol–water partition coefficient (Wildman–Crippen LogP) is 0.915. The van der Waals surface area contributed by atoms with E-state index < -0.39 is 54.8 Å². The third-order valence-corrected chi connectivity index (χ3v) is 7.95. The number of nitrogens with one attached hydrogen (secondary N) is 1. The first-order valence-corrected chi connectivity index (χ1v) is 11.9. The van der Waals surface area contributed by atoms with Gasteiger partial charge in [0.1, 0.15) is 22.3 Å². The van der Waals surface area contributed by atoms with Crippen molar-refractivity contribution in [2.45, 2.75) is 9.79 Å². The van der Waals surface area contributed by atoms with Crippen LogP contribution >= 0.6 is 0 Å². The maximum absolute atomic E-state index is 13.9. The lowest BCUT2D eigenvalue weighted by molar-refractivity contribution is -0.131. The fourth-order valence-corrected chi connectivity index (χ4v) is 5.46. The zero-order valence-corrected chi connectivity index (χ0v) is 17.6. The molecule has 0 saturated carbocycles. The SMILES string of the molecule is O=C(CNS(=O)(=O)c1cccc(F)c1)N1CCN(S(=O)(=O)c2ccc(F)cc2F)CC1. The van der Waals surface area contributed by atoms with Crippen LogP contribution in [0.1, 0.15) is 0 Å². The van der Waals surface area contributed by atoms with Crippen molar-refractivity contribution in [2.24, 2.45) is 0 Å². The highest BCUT2D eigenvalue weighted by atomic mass is 32.2. The minimum absolute atomic E-state index is 0.0530. The zero-order chi connectivity index (χ0) is 22.8. The number of hydrogen-bond donors (Lipinski definition) is 1. The Morgan fingerprint density at radius 1 is 0.903 bits per heavy atom. The van der Waals surface area contributed by atoms with E-state index in [4.69, 9.17) is 0 Å². The summed E-state index contributed by atoms with van der Waals surface area (Å²) in [5, 5.41) is 0. The van der Waals surface area contributed by atoms with E-state index in [1.165, 1.54) is 17.0 Å². The molecule has 0 bridgehead atoms. The number of carbonyl (C=O) groups excluding carboxylic acids is 1. The second kappa shape index (κ2) is 8.94. The third-order valence-electron chi connectivity index (χ3n) is 4.62. The number of amides is 1. The molecule has 1 aliphatic rings. The Bertz CT molecular complexity index is 1200. The molecule has 1 N–H and O–H groups in total. The maximum atomic E-state index is 13.9. The van der Waals surface area contributed by atoms with Crippen LogP contribution in [0.4, 0.5) is 13.2 Å². The van der Waals surface area contributed by atoms with Crippen LogP contribution in [0, 0.1) is 17.5 Å². The number of rotatable bonds is 6. The smallest absolute Gasteiger partial charge is 0.246 e. The second-order valence-electron chi connectivity index (χ2n) is 6.64. The number of nitrogens with zero attached hydrogens (tertiary/aromatic N) is 2. The molecule has 1 fully saturated rings. The molecule has 1 saturated heterocycles. The van der Waals surface area contributed by atoms with Crippen LogP contribution in [0.5, 0.6) is 0 Å². The van der Waals surface area contributed by atoms with E-state index in [0.717, 1.165) is 28.6 Å². The van der Waals surface area contributed by atoms with Gasteiger partial charge in [0.25, 0.3) is 0 Å². The topological polar surface area (TPSA) is 104 Å². The Balaban J connectivity index is 1.59. The molecule has 13 heteroatoms. The molecular formula is C18H18F3N3O5S2. The van der Waals surface area contributed by atoms with Crippen molar-refractivity contribution in [3.05, 3.63) is 59.9 Å². The Labute approximate surface area is 177 Å². The normalized spacial score (nSPS) is 15.8. The first-order chi connectivity index (χ1) is 14.5. The Kier molecular flexibility index (Phi) is 6.69. The molecular weight excluding hydrogens is 459 g/mol. The first-order valence-electron chi connectivity index (χ1n) is 8.99. The van der Waals surface area contributed by atoms with Gasteiger partial charge in [0, 0.05) is 32.2 Å². The summed E-state index contributed by atoms with van der Waals surface area (Å²) in [6.07, 6.45) is 0. The van der Waals surface area contributed by atoms with E-state index in [1.807, 2.05) is 0 Å². The fourth-order valence-electron chi connectivity index (χ4n) is 2.99. The van der Waals surface area contributed by atoms with Gasteiger partial charge in [-0.3, -0.25) is 4.79 Å². The number of piperazine rings is 1. The molecule has 8 nitrogen and oxygen atoms in total. The summed E-state index contributed by atoms with van der Waals surface area (Å²) in [5.41, 5.74) is 0. The van der Waals surface area contributed by atoms with Crippen LogP contribution in [0.15, 0.2) is 52.3 Å². The van der Waals surface area contributed by atoms with Gasteiger partial charge in [-0.05, 0) is 30.3 Å². The van der Waals surface area contributed by atoms with Crippen LogP contribution in [0.3, 0.4) is 0 Å². The van der Waals surface area contributed by atoms with E-state index in [-0.39, 0.29) is 31.1 Å². The standard InChI is InChI=1S/C18H18F3N3O5S2/c19-13-2-1-3-15(10-13)30(26,27)22-12-18(25)23-6-8-24(9-7-23)31(28,29)17-5-4-14(20)11-16(17)21/h1-5,10-11,22H,6-9,12H2. The van der Waals surface area contributed by atoms with Crippen LogP contribution in [-0.2, 0) is 24.8 Å². The molecule has 31 heavy (non-hydrogen) atoms. The van der Waals surface area contributed by atoms with Gasteiger partial charge in [-0.25, -0.2) is 34.7 Å². The van der Waals surface area contributed by atoms with Crippen molar-refractivity contribution in [2.75, 3.05) is 32.7 Å². The third kappa shape index (κ3) is 5.23. The molecule has 3 rings (SSSR count). The number of benzene rings is 2. The van der Waals surface area contributed by atoms with Gasteiger partial charge in [-0.15, -0.1) is 0 Å². The molecule has 2 aromatic carbocycles. The van der Waals surface area contributed by atoms with Gasteiger partial charge in [0.05, 0.1) is 11.4 Å². The fraction of sp³-hybridized carbons (Fsp3) is 0.278. The number of carbonyl (C=O) groups is 1. The minimum atomic E-state index is -4.23. The van der Waals surface area contributed by atoms with Crippen molar-refractivity contribution in [1.82, 2.24) is 13.9 Å². The average Bonchev–Trinajstić information content (AvgIpc) is 2.72. The lowest BCUT2D eigenvalue weighted by atomic mass is 10.3. The van der Waals surface area contributed by atoms with E-state index in [2.05, 4.69) is 4.72 Å². The molecule has 2 aromatic rings. The monoisotopic (exact) mass is 477 g/mol. The molecule has 0 aliphatic carbocycles. The molecule has 0 radical (unpaired) electrons. The molecule has 0 atom stereocenters. The van der Waals surface area contributed by atoms with Crippen molar-refractivity contribution in [3.63, 3.8) is 0 Å². The highest BCUT2D eigenvalue weighted by Gasteiger charge is 2.32. The second-order valence-corrected chi connectivity index (χ2v) is 10.3. The first kappa shape index (κ1) is 23.2. The van der Waals surface area contributed by atoms with Crippen molar-refractivity contribution in [1.29, 1.82) is 0 Å². The predicted molar refractivity (Wildman–Crippen MR) is 103 cm³/mol. The molecule has 0 spiro atoms. The summed E-state index contributed by atoms with van der Waals surface area (Å²) in [5.74, 6) is -3.48. The minimum Gasteiger partial charge on any atom is -0.339 e. The van der Waals surface area contributed by atoms with Gasteiger partial charge < -0.3 is 4.90 Å². The van der Waals surface area contributed by atoms with E-state index in [9.17, 15) is 34.8 Å². The van der Waals surface area contributed by atoms with Crippen LogP contribution < -0.4 is 4.72 Å². The summed E-state index contributed by atoms with van der Waals surface area (Å²) in [6, 6.07) is 6.42. The summed E-state index contributed by atoms with van der Waals surface area (Å²) in [6.45, 7) is -1.01. The number of sulfonamides is 2. The summed E-state index contributed by atoms with van der Waals surface area (Å²) in [4.78, 5) is 12.6. The zero-order valence-electron chi connectivity index (χ0n) is 16.0. The van der Waals surface area contributed by atoms with E-state index in [0.29, 0.717) is 6.07 Å². The highest BCUT2D eigenvalue weighted by molar-refractivity contribution is 7.89. The molecule has 0 aromatic heterocycles.